The number of aromatic nitrogens is 1. The van der Waals surface area contributed by atoms with Gasteiger partial charge in [-0.25, -0.2) is 4.98 Å². The molecular formula is C27H27N5O2. The number of nitrogens with one attached hydrogen (secondary N) is 2. The minimum Gasteiger partial charge on any atom is -0.457 e. The van der Waals surface area contributed by atoms with Crippen LogP contribution in [0.1, 0.15) is 25.3 Å². The second kappa shape index (κ2) is 10.5. The van der Waals surface area contributed by atoms with Gasteiger partial charge in [-0.3, -0.25) is 4.79 Å². The van der Waals surface area contributed by atoms with Crippen LogP contribution in [0.2, 0.25) is 0 Å². The van der Waals surface area contributed by atoms with Crippen molar-refractivity contribution in [2.24, 2.45) is 5.92 Å². The zero-order valence-electron chi connectivity index (χ0n) is 19.0. The van der Waals surface area contributed by atoms with Gasteiger partial charge in [-0.1, -0.05) is 24.1 Å². The van der Waals surface area contributed by atoms with Gasteiger partial charge in [0.1, 0.15) is 17.3 Å². The maximum absolute atomic E-state index is 12.2. The standard InChI is InChI=1S/C27H27N5O2/c1-2-7-24(33)32-17-6-8-19(18-32)25(28)23-15-16-30-27(29)26(23)31-20-11-13-22(14-12-20)34-21-9-4-3-5-10-21/h3-5,9-16,19,28,31H,6,8,17-18H2,1H3,(H2,29,30)/t19-/m1/s1. The van der Waals surface area contributed by atoms with Crippen LogP contribution in [-0.4, -0.2) is 34.6 Å². The second-order valence-electron chi connectivity index (χ2n) is 8.06. The van der Waals surface area contributed by atoms with Crippen LogP contribution in [0, 0.1) is 23.2 Å². The molecule has 4 rings (SSSR count). The van der Waals surface area contributed by atoms with Crippen molar-refractivity contribution in [2.45, 2.75) is 19.8 Å². The molecule has 3 aromatic rings. The second-order valence-corrected chi connectivity index (χ2v) is 8.06. The largest absolute Gasteiger partial charge is 0.457 e. The molecule has 0 radical (unpaired) electrons. The SMILES string of the molecule is CC#CC(=O)N1CCC[C@@H](C(=N)c2ccnc(N)c2Nc2ccc(Oc3ccccc3)cc2)C1. The highest BCUT2D eigenvalue weighted by atomic mass is 16.5. The maximum atomic E-state index is 12.2. The quantitative estimate of drug-likeness (QED) is 0.366. The maximum Gasteiger partial charge on any atom is 0.298 e. The van der Waals surface area contributed by atoms with Crippen molar-refractivity contribution in [1.29, 1.82) is 5.41 Å². The third-order valence-electron chi connectivity index (χ3n) is 5.72. The van der Waals surface area contributed by atoms with E-state index in [-0.39, 0.29) is 11.8 Å². The molecule has 1 aromatic heterocycles. The molecule has 7 heteroatoms. The molecule has 1 amide bonds. The molecule has 172 valence electrons. The molecule has 2 aromatic carbocycles. The summed E-state index contributed by atoms with van der Waals surface area (Å²) in [6.45, 7) is 2.79. The Morgan fingerprint density at radius 2 is 1.88 bits per heavy atom. The number of ether oxygens (including phenoxy) is 1. The van der Waals surface area contributed by atoms with Crippen molar-refractivity contribution in [3.05, 3.63) is 72.4 Å². The van der Waals surface area contributed by atoms with E-state index < -0.39 is 0 Å². The van der Waals surface area contributed by atoms with E-state index in [0.717, 1.165) is 24.3 Å². The summed E-state index contributed by atoms with van der Waals surface area (Å²) in [6, 6.07) is 18.9. The Kier molecular flexibility index (Phi) is 7.09. The van der Waals surface area contributed by atoms with Gasteiger partial charge in [-0.15, -0.1) is 0 Å². The van der Waals surface area contributed by atoms with Crippen LogP contribution in [-0.2, 0) is 4.79 Å². The average Bonchev–Trinajstić information content (AvgIpc) is 2.87. The molecule has 2 heterocycles. The number of hydrogen-bond donors (Lipinski definition) is 3. The predicted molar refractivity (Wildman–Crippen MR) is 134 cm³/mol. The molecule has 1 aliphatic rings. The normalized spacial score (nSPS) is 15.1. The average molecular weight is 454 g/mol. The molecule has 34 heavy (non-hydrogen) atoms. The van der Waals surface area contributed by atoms with Crippen LogP contribution < -0.4 is 15.8 Å². The first-order chi connectivity index (χ1) is 16.5. The minimum absolute atomic E-state index is 0.0969. The van der Waals surface area contributed by atoms with Crippen molar-refractivity contribution >= 4 is 28.8 Å². The number of pyridine rings is 1. The Labute approximate surface area is 199 Å². The first kappa shape index (κ1) is 22.9. The van der Waals surface area contributed by atoms with Crippen LogP contribution in [0.3, 0.4) is 0 Å². The molecule has 1 atom stereocenters. The summed E-state index contributed by atoms with van der Waals surface area (Å²) in [5, 5.41) is 12.2. The fourth-order valence-electron chi connectivity index (χ4n) is 4.01. The van der Waals surface area contributed by atoms with Crippen LogP contribution in [0.25, 0.3) is 0 Å². The molecule has 0 spiro atoms. The molecule has 1 fully saturated rings. The highest BCUT2D eigenvalue weighted by Gasteiger charge is 2.28. The molecule has 0 unspecified atom stereocenters. The summed E-state index contributed by atoms with van der Waals surface area (Å²) < 4.78 is 5.85. The highest BCUT2D eigenvalue weighted by Crippen LogP contribution is 2.31. The fourth-order valence-corrected chi connectivity index (χ4v) is 4.01. The number of nitrogens with zero attached hydrogens (tertiary/aromatic N) is 2. The lowest BCUT2D eigenvalue weighted by atomic mass is 9.88. The third kappa shape index (κ3) is 5.36. The molecule has 0 saturated carbocycles. The molecule has 4 N–H and O–H groups in total. The predicted octanol–water partition coefficient (Wildman–Crippen LogP) is 4.83. The number of nitrogen functional groups attached to an aromatic ring is 1. The van der Waals surface area contributed by atoms with E-state index in [0.29, 0.717) is 41.6 Å². The summed E-state index contributed by atoms with van der Waals surface area (Å²) in [7, 11) is 0. The number of piperidine rings is 1. The zero-order chi connectivity index (χ0) is 23.9. The number of rotatable bonds is 6. The molecular weight excluding hydrogens is 426 g/mol. The van der Waals surface area contributed by atoms with Crippen LogP contribution >= 0.6 is 0 Å². The van der Waals surface area contributed by atoms with Gasteiger partial charge < -0.3 is 26.1 Å². The van der Waals surface area contributed by atoms with Gasteiger partial charge >= 0.3 is 0 Å². The van der Waals surface area contributed by atoms with Crippen molar-refractivity contribution < 1.29 is 9.53 Å². The summed E-state index contributed by atoms with van der Waals surface area (Å²) >= 11 is 0. The first-order valence-electron chi connectivity index (χ1n) is 11.2. The van der Waals surface area contributed by atoms with Gasteiger partial charge in [0, 0.05) is 42.2 Å². The lowest BCUT2D eigenvalue weighted by Gasteiger charge is -2.32. The monoisotopic (exact) mass is 453 g/mol. The van der Waals surface area contributed by atoms with E-state index in [1.165, 1.54) is 0 Å². The van der Waals surface area contributed by atoms with E-state index in [1.807, 2.05) is 54.6 Å². The smallest absolute Gasteiger partial charge is 0.298 e. The number of carbonyl (C=O) groups is 1. The van der Waals surface area contributed by atoms with E-state index >= 15 is 0 Å². The lowest BCUT2D eigenvalue weighted by Crippen LogP contribution is -2.42. The Morgan fingerprint density at radius 3 is 2.62 bits per heavy atom. The number of para-hydroxylation sites is 1. The number of carbonyl (C=O) groups excluding carboxylic acids is 1. The Morgan fingerprint density at radius 1 is 1.15 bits per heavy atom. The first-order valence-corrected chi connectivity index (χ1v) is 11.2. The van der Waals surface area contributed by atoms with Crippen molar-refractivity contribution in [2.75, 3.05) is 24.1 Å². The third-order valence-corrected chi connectivity index (χ3v) is 5.72. The summed E-state index contributed by atoms with van der Waals surface area (Å²) in [5.41, 5.74) is 8.70. The Hall–Kier alpha value is -4.31. The summed E-state index contributed by atoms with van der Waals surface area (Å²) in [4.78, 5) is 18.2. The number of amides is 1. The van der Waals surface area contributed by atoms with E-state index in [9.17, 15) is 4.79 Å². The van der Waals surface area contributed by atoms with Crippen molar-refractivity contribution in [1.82, 2.24) is 9.88 Å². The molecule has 1 aliphatic heterocycles. The summed E-state index contributed by atoms with van der Waals surface area (Å²) in [5.74, 6) is 6.77. The van der Waals surface area contributed by atoms with Gasteiger partial charge in [0.05, 0.1) is 5.69 Å². The van der Waals surface area contributed by atoms with Crippen LogP contribution in [0.5, 0.6) is 11.5 Å². The van der Waals surface area contributed by atoms with Gasteiger partial charge in [-0.2, -0.15) is 0 Å². The van der Waals surface area contributed by atoms with Gasteiger partial charge in [0.25, 0.3) is 5.91 Å². The topological polar surface area (TPSA) is 104 Å². The number of anilines is 3. The zero-order valence-corrected chi connectivity index (χ0v) is 19.0. The fraction of sp³-hybridized carbons (Fsp3) is 0.222. The minimum atomic E-state index is -0.189. The summed E-state index contributed by atoms with van der Waals surface area (Å²) in [6.07, 6.45) is 3.27. The molecule has 1 saturated heterocycles. The van der Waals surface area contributed by atoms with Crippen molar-refractivity contribution in [3.8, 4) is 23.3 Å². The van der Waals surface area contributed by atoms with Gasteiger partial charge in [0.2, 0.25) is 0 Å². The Balaban J connectivity index is 1.51. The van der Waals surface area contributed by atoms with E-state index in [4.69, 9.17) is 15.9 Å². The van der Waals surface area contributed by atoms with Crippen LogP contribution in [0.4, 0.5) is 17.2 Å². The van der Waals surface area contributed by atoms with Crippen molar-refractivity contribution in [3.63, 3.8) is 0 Å². The number of nitrogens with two attached hydrogens (primary N) is 1. The van der Waals surface area contributed by atoms with Crippen LogP contribution in [0.15, 0.2) is 66.9 Å². The molecule has 0 bridgehead atoms. The van der Waals surface area contributed by atoms with E-state index in [1.54, 1.807) is 24.1 Å². The van der Waals surface area contributed by atoms with Gasteiger partial charge in [-0.05, 0) is 68.2 Å². The number of hydrogen-bond acceptors (Lipinski definition) is 6. The van der Waals surface area contributed by atoms with Gasteiger partial charge in [0.15, 0.2) is 0 Å². The number of benzene rings is 2. The molecule has 7 nitrogen and oxygen atoms in total. The number of likely N-dealkylation sites (tertiary alicyclic amines) is 1. The highest BCUT2D eigenvalue weighted by molar-refractivity contribution is 6.07. The lowest BCUT2D eigenvalue weighted by molar-refractivity contribution is -0.126. The Bertz CT molecular complexity index is 1230. The van der Waals surface area contributed by atoms with E-state index in [2.05, 4.69) is 22.1 Å². The molecule has 0 aliphatic carbocycles.